The van der Waals surface area contributed by atoms with Crippen molar-refractivity contribution in [1.29, 1.82) is 0 Å². The van der Waals surface area contributed by atoms with Crippen LogP contribution in [-0.2, 0) is 0 Å². The lowest BCUT2D eigenvalue weighted by Crippen LogP contribution is -2.12. The van der Waals surface area contributed by atoms with Crippen LogP contribution in [0.5, 0.6) is 17.2 Å². The van der Waals surface area contributed by atoms with E-state index < -0.39 is 0 Å². The lowest BCUT2D eigenvalue weighted by atomic mass is 10.1. The summed E-state index contributed by atoms with van der Waals surface area (Å²) in [6, 6.07) is 8.71. The molecule has 5 heteroatoms. The molecule has 0 fully saturated rings. The van der Waals surface area contributed by atoms with Gasteiger partial charge < -0.3 is 18.6 Å². The summed E-state index contributed by atoms with van der Waals surface area (Å²) < 4.78 is 23.0. The molecule has 0 unspecified atom stereocenters. The molecule has 5 nitrogen and oxygen atoms in total. The fourth-order valence-corrected chi connectivity index (χ4v) is 2.76. The first-order valence-electron chi connectivity index (χ1n) is 8.31. The predicted molar refractivity (Wildman–Crippen MR) is 98.1 cm³/mol. The topological polar surface area (TPSA) is 57.9 Å². The van der Waals surface area contributed by atoms with Gasteiger partial charge in [0.05, 0.1) is 24.7 Å². The first-order chi connectivity index (χ1) is 11.9. The normalized spacial score (nSPS) is 11.5. The fraction of sp³-hybridized carbons (Fsp3) is 0.350. The third kappa shape index (κ3) is 3.27. The maximum Gasteiger partial charge on any atom is 0.204 e. The van der Waals surface area contributed by atoms with Gasteiger partial charge in [-0.25, -0.2) is 0 Å². The van der Waals surface area contributed by atoms with E-state index in [1.807, 2.05) is 27.7 Å². The van der Waals surface area contributed by atoms with Gasteiger partial charge in [0.2, 0.25) is 5.43 Å². The average molecular weight is 342 g/mol. The van der Waals surface area contributed by atoms with E-state index in [0.717, 1.165) is 0 Å². The Labute approximate surface area is 146 Å². The molecule has 25 heavy (non-hydrogen) atoms. The molecule has 2 aromatic carbocycles. The van der Waals surface area contributed by atoms with Crippen LogP contribution in [0.4, 0.5) is 0 Å². The number of methoxy groups -OCH3 is 1. The van der Waals surface area contributed by atoms with Crippen molar-refractivity contribution >= 4 is 21.9 Å². The van der Waals surface area contributed by atoms with Gasteiger partial charge in [0.1, 0.15) is 22.5 Å². The second kappa shape index (κ2) is 6.67. The van der Waals surface area contributed by atoms with Crippen LogP contribution in [0.25, 0.3) is 21.9 Å². The summed E-state index contributed by atoms with van der Waals surface area (Å²) in [6.45, 7) is 7.69. The Hall–Kier alpha value is -2.69. The Bertz CT molecular complexity index is 969. The second-order valence-electron chi connectivity index (χ2n) is 6.40. The predicted octanol–water partition coefficient (Wildman–Crippen LogP) is 4.53. The van der Waals surface area contributed by atoms with E-state index in [4.69, 9.17) is 18.6 Å². The highest BCUT2D eigenvalue weighted by Gasteiger charge is 2.18. The van der Waals surface area contributed by atoms with Gasteiger partial charge in [-0.1, -0.05) is 6.07 Å². The van der Waals surface area contributed by atoms with Gasteiger partial charge in [-0.15, -0.1) is 0 Å². The van der Waals surface area contributed by atoms with E-state index in [-0.39, 0.29) is 17.6 Å². The number of rotatable bonds is 5. The highest BCUT2D eigenvalue weighted by atomic mass is 16.5. The van der Waals surface area contributed by atoms with Crippen LogP contribution in [0, 0.1) is 0 Å². The molecule has 0 N–H and O–H groups in total. The minimum Gasteiger partial charge on any atom is -0.493 e. The molecule has 0 saturated carbocycles. The summed E-state index contributed by atoms with van der Waals surface area (Å²) >= 11 is 0. The van der Waals surface area contributed by atoms with E-state index in [0.29, 0.717) is 39.2 Å². The summed E-state index contributed by atoms with van der Waals surface area (Å²) in [6.07, 6.45) is -0.0935. The average Bonchev–Trinajstić information content (AvgIpc) is 2.53. The molecule has 0 saturated heterocycles. The quantitative estimate of drug-likeness (QED) is 0.638. The maximum absolute atomic E-state index is 13.1. The van der Waals surface area contributed by atoms with E-state index in [1.165, 1.54) is 0 Å². The highest BCUT2D eigenvalue weighted by molar-refractivity contribution is 5.95. The van der Waals surface area contributed by atoms with Crippen molar-refractivity contribution in [2.24, 2.45) is 0 Å². The third-order valence-electron chi connectivity index (χ3n) is 3.66. The molecular formula is C20H22O5. The third-order valence-corrected chi connectivity index (χ3v) is 3.66. The molecule has 0 atom stereocenters. The van der Waals surface area contributed by atoms with Crippen LogP contribution in [0.2, 0.25) is 0 Å². The first-order valence-corrected chi connectivity index (χ1v) is 8.31. The number of para-hydroxylation sites is 1. The zero-order valence-electron chi connectivity index (χ0n) is 15.1. The smallest absolute Gasteiger partial charge is 0.204 e. The molecule has 0 amide bonds. The molecule has 1 aromatic heterocycles. The summed E-state index contributed by atoms with van der Waals surface area (Å²) in [5.41, 5.74) is 0.678. The van der Waals surface area contributed by atoms with Gasteiger partial charge in [-0.05, 0) is 39.8 Å². The maximum atomic E-state index is 13.1. The molecule has 3 aromatic rings. The van der Waals surface area contributed by atoms with Gasteiger partial charge >= 0.3 is 0 Å². The van der Waals surface area contributed by atoms with Crippen LogP contribution in [0.3, 0.4) is 0 Å². The molecule has 3 rings (SSSR count). The Balaban J connectivity index is 2.38. The molecule has 0 aliphatic heterocycles. The molecule has 132 valence electrons. The molecule has 0 radical (unpaired) electrons. The Morgan fingerprint density at radius 2 is 1.68 bits per heavy atom. The van der Waals surface area contributed by atoms with E-state index >= 15 is 0 Å². The lowest BCUT2D eigenvalue weighted by molar-refractivity contribution is 0.231. The Morgan fingerprint density at radius 3 is 2.32 bits per heavy atom. The number of hydrogen-bond donors (Lipinski definition) is 0. The van der Waals surface area contributed by atoms with Gasteiger partial charge in [0.15, 0.2) is 11.3 Å². The second-order valence-corrected chi connectivity index (χ2v) is 6.40. The van der Waals surface area contributed by atoms with E-state index in [9.17, 15) is 4.79 Å². The monoisotopic (exact) mass is 342 g/mol. The SMILES string of the molecule is COc1cccc2c(=O)c3c(OC(C)C)cc(OC(C)C)cc3oc12. The van der Waals surface area contributed by atoms with Crippen LogP contribution in [-0.4, -0.2) is 19.3 Å². The minimum absolute atomic E-state index is 0.00827. The largest absolute Gasteiger partial charge is 0.493 e. The van der Waals surface area contributed by atoms with Crippen molar-refractivity contribution < 1.29 is 18.6 Å². The molecule has 0 spiro atoms. The van der Waals surface area contributed by atoms with Crippen molar-refractivity contribution in [1.82, 2.24) is 0 Å². The summed E-state index contributed by atoms with van der Waals surface area (Å²) in [5.74, 6) is 1.56. The molecule has 0 aliphatic carbocycles. The Kier molecular flexibility index (Phi) is 4.57. The zero-order chi connectivity index (χ0) is 18.1. The van der Waals surface area contributed by atoms with Crippen LogP contribution >= 0.6 is 0 Å². The highest BCUT2D eigenvalue weighted by Crippen LogP contribution is 2.34. The van der Waals surface area contributed by atoms with Crippen molar-refractivity contribution in [3.05, 3.63) is 40.6 Å². The fourth-order valence-electron chi connectivity index (χ4n) is 2.76. The molecule has 0 bridgehead atoms. The number of hydrogen-bond acceptors (Lipinski definition) is 5. The molecule has 1 heterocycles. The van der Waals surface area contributed by atoms with E-state index in [1.54, 1.807) is 37.4 Å². The van der Waals surface area contributed by atoms with Crippen LogP contribution in [0.1, 0.15) is 27.7 Å². The lowest BCUT2D eigenvalue weighted by Gasteiger charge is -2.16. The number of fused-ring (bicyclic) bond motifs is 2. The Morgan fingerprint density at radius 1 is 0.960 bits per heavy atom. The van der Waals surface area contributed by atoms with Gasteiger partial charge in [0, 0.05) is 12.1 Å². The van der Waals surface area contributed by atoms with Crippen molar-refractivity contribution in [3.8, 4) is 17.2 Å². The number of ether oxygens (including phenoxy) is 3. The number of benzene rings is 2. The van der Waals surface area contributed by atoms with Crippen molar-refractivity contribution in [2.75, 3.05) is 7.11 Å². The first kappa shape index (κ1) is 17.1. The van der Waals surface area contributed by atoms with Gasteiger partial charge in [-0.2, -0.15) is 0 Å². The van der Waals surface area contributed by atoms with Crippen molar-refractivity contribution in [2.45, 2.75) is 39.9 Å². The van der Waals surface area contributed by atoms with E-state index in [2.05, 4.69) is 0 Å². The standard InChI is InChI=1S/C20H22O5/c1-11(2)23-13-9-16(24-12(3)4)18-17(10-13)25-20-14(19(18)21)7-6-8-15(20)22-5/h6-12H,1-5H3. The van der Waals surface area contributed by atoms with Gasteiger partial charge in [-0.3, -0.25) is 4.79 Å². The van der Waals surface area contributed by atoms with Gasteiger partial charge in [0.25, 0.3) is 0 Å². The summed E-state index contributed by atoms with van der Waals surface area (Å²) in [5, 5.41) is 0.864. The van der Waals surface area contributed by atoms with Crippen LogP contribution < -0.4 is 19.6 Å². The summed E-state index contributed by atoms with van der Waals surface area (Å²) in [7, 11) is 1.55. The minimum atomic E-state index is -0.151. The molecule has 0 aliphatic rings. The zero-order valence-corrected chi connectivity index (χ0v) is 15.1. The van der Waals surface area contributed by atoms with Crippen LogP contribution in [0.15, 0.2) is 39.5 Å². The summed E-state index contributed by atoms with van der Waals surface area (Å²) in [4.78, 5) is 13.1. The van der Waals surface area contributed by atoms with Crippen molar-refractivity contribution in [3.63, 3.8) is 0 Å². The molecular weight excluding hydrogens is 320 g/mol.